The molecule has 234 valence electrons. The van der Waals surface area contributed by atoms with Crippen molar-refractivity contribution in [3.05, 3.63) is 158 Å². The number of thiophene rings is 1. The van der Waals surface area contributed by atoms with Crippen molar-refractivity contribution in [3.63, 3.8) is 0 Å². The van der Waals surface area contributed by atoms with E-state index in [-0.39, 0.29) is 0 Å². The summed E-state index contributed by atoms with van der Waals surface area (Å²) in [7, 11) is 0. The summed E-state index contributed by atoms with van der Waals surface area (Å²) in [5.74, 6) is 1.87. The van der Waals surface area contributed by atoms with E-state index >= 15 is 0 Å². The predicted molar refractivity (Wildman–Crippen MR) is 205 cm³/mol. The van der Waals surface area contributed by atoms with Crippen molar-refractivity contribution < 1.29 is 4.42 Å². The SMILES string of the molecule is c1ccc(-c2nc(-c3cccc4oc5ccc(-c6ccc(-c7ccccn7)cc6)cc5c34)nc(-c3cccc4sc5ccccc5c34)n2)cc1. The van der Waals surface area contributed by atoms with Crippen LogP contribution in [0.5, 0.6) is 0 Å². The zero-order valence-corrected chi connectivity index (χ0v) is 27.4. The Bertz CT molecular complexity index is 2860. The molecule has 10 rings (SSSR count). The summed E-state index contributed by atoms with van der Waals surface area (Å²) in [6.07, 6.45) is 1.82. The highest BCUT2D eigenvalue weighted by molar-refractivity contribution is 7.25. The van der Waals surface area contributed by atoms with Crippen molar-refractivity contribution in [2.75, 3.05) is 0 Å². The smallest absolute Gasteiger partial charge is 0.164 e. The van der Waals surface area contributed by atoms with Crippen LogP contribution in [0.1, 0.15) is 0 Å². The van der Waals surface area contributed by atoms with Gasteiger partial charge in [0.1, 0.15) is 11.2 Å². The number of furan rings is 1. The van der Waals surface area contributed by atoms with Gasteiger partial charge in [0.25, 0.3) is 0 Å². The second-order valence-electron chi connectivity index (χ2n) is 12.2. The van der Waals surface area contributed by atoms with Crippen molar-refractivity contribution in [2.45, 2.75) is 0 Å². The standard InChI is InChI=1S/C44H26N4OS/c1-2-10-29(11-3-1)42-46-43(48-44(47-42)33-14-9-18-39-41(33)31-12-4-5-17-38(31)50-39)32-13-8-16-37-40(32)34-26-30(23-24-36(34)49-37)27-19-21-28(22-20-27)35-15-6-7-25-45-35/h1-26H. The third kappa shape index (κ3) is 4.77. The highest BCUT2D eigenvalue weighted by Gasteiger charge is 2.20. The van der Waals surface area contributed by atoms with Crippen LogP contribution in [-0.4, -0.2) is 19.9 Å². The maximum atomic E-state index is 6.43. The molecule has 0 N–H and O–H groups in total. The maximum Gasteiger partial charge on any atom is 0.164 e. The number of hydrogen-bond donors (Lipinski definition) is 0. The first-order valence-corrected chi connectivity index (χ1v) is 17.3. The lowest BCUT2D eigenvalue weighted by Gasteiger charge is -2.10. The van der Waals surface area contributed by atoms with Crippen LogP contribution in [0.3, 0.4) is 0 Å². The molecule has 4 heterocycles. The number of benzene rings is 6. The summed E-state index contributed by atoms with van der Waals surface area (Å²) in [5.41, 5.74) is 8.66. The molecule has 0 fully saturated rings. The number of rotatable bonds is 5. The molecule has 50 heavy (non-hydrogen) atoms. The Labute approximate surface area is 291 Å². The first-order chi connectivity index (χ1) is 24.8. The van der Waals surface area contributed by atoms with Gasteiger partial charge in [-0.05, 0) is 53.6 Å². The molecule has 6 heteroatoms. The number of aromatic nitrogens is 4. The Balaban J connectivity index is 1.17. The summed E-state index contributed by atoms with van der Waals surface area (Å²) in [4.78, 5) is 20.0. The molecule has 10 aromatic rings. The monoisotopic (exact) mass is 658 g/mol. The number of pyridine rings is 1. The van der Waals surface area contributed by atoms with Gasteiger partial charge < -0.3 is 4.42 Å². The second kappa shape index (κ2) is 11.6. The van der Waals surface area contributed by atoms with Gasteiger partial charge in [0.05, 0.1) is 5.69 Å². The normalized spacial score (nSPS) is 11.6. The minimum atomic E-state index is 0.601. The fourth-order valence-corrected chi connectivity index (χ4v) is 7.99. The fraction of sp³-hybridized carbons (Fsp3) is 0. The van der Waals surface area contributed by atoms with E-state index in [1.165, 1.54) is 14.8 Å². The zero-order valence-electron chi connectivity index (χ0n) is 26.6. The molecular formula is C44H26N4OS. The fourth-order valence-electron chi connectivity index (χ4n) is 6.85. The van der Waals surface area contributed by atoms with E-state index < -0.39 is 0 Å². The van der Waals surface area contributed by atoms with Crippen molar-refractivity contribution in [1.29, 1.82) is 0 Å². The topological polar surface area (TPSA) is 64.7 Å². The van der Waals surface area contributed by atoms with Crippen LogP contribution < -0.4 is 0 Å². The summed E-state index contributed by atoms with van der Waals surface area (Å²) >= 11 is 1.79. The number of nitrogens with zero attached hydrogens (tertiary/aromatic N) is 4. The molecule has 0 saturated carbocycles. The van der Waals surface area contributed by atoms with Crippen LogP contribution in [0.2, 0.25) is 0 Å². The summed E-state index contributed by atoms with van der Waals surface area (Å²) in [6.45, 7) is 0. The van der Waals surface area contributed by atoms with Crippen LogP contribution in [0.15, 0.2) is 162 Å². The van der Waals surface area contributed by atoms with Gasteiger partial charge >= 0.3 is 0 Å². The van der Waals surface area contributed by atoms with Crippen LogP contribution in [0, 0.1) is 0 Å². The van der Waals surface area contributed by atoms with Crippen LogP contribution in [0.25, 0.3) is 98.7 Å². The van der Waals surface area contributed by atoms with Gasteiger partial charge in [-0.25, -0.2) is 15.0 Å². The summed E-state index contributed by atoms with van der Waals surface area (Å²) < 4.78 is 8.87. The van der Waals surface area contributed by atoms with Gasteiger partial charge in [0.15, 0.2) is 17.5 Å². The molecule has 0 aliphatic heterocycles. The average Bonchev–Trinajstić information content (AvgIpc) is 3.77. The number of fused-ring (bicyclic) bond motifs is 6. The highest BCUT2D eigenvalue weighted by Crippen LogP contribution is 2.41. The van der Waals surface area contributed by atoms with Gasteiger partial charge in [-0.3, -0.25) is 4.98 Å². The highest BCUT2D eigenvalue weighted by atomic mass is 32.1. The molecule has 5 nitrogen and oxygen atoms in total. The first-order valence-electron chi connectivity index (χ1n) is 16.5. The van der Waals surface area contributed by atoms with Crippen molar-refractivity contribution in [2.24, 2.45) is 0 Å². The van der Waals surface area contributed by atoms with Gasteiger partial charge in [-0.2, -0.15) is 0 Å². The van der Waals surface area contributed by atoms with Crippen LogP contribution in [0.4, 0.5) is 0 Å². The van der Waals surface area contributed by atoms with Gasteiger partial charge in [0, 0.05) is 59.4 Å². The molecule has 0 bridgehead atoms. The molecule has 0 radical (unpaired) electrons. The molecule has 4 aromatic heterocycles. The lowest BCUT2D eigenvalue weighted by atomic mass is 9.99. The van der Waals surface area contributed by atoms with Gasteiger partial charge in [-0.15, -0.1) is 11.3 Å². The molecule has 0 saturated heterocycles. The molecule has 0 spiro atoms. The van der Waals surface area contributed by atoms with E-state index in [1.807, 2.05) is 66.9 Å². The second-order valence-corrected chi connectivity index (χ2v) is 13.3. The number of hydrogen-bond acceptors (Lipinski definition) is 6. The van der Waals surface area contributed by atoms with Crippen LogP contribution >= 0.6 is 11.3 Å². The molecule has 0 atom stereocenters. The molecule has 0 aliphatic carbocycles. The summed E-state index contributed by atoms with van der Waals surface area (Å²) in [6, 6.07) is 52.0. The van der Waals surface area contributed by atoms with E-state index in [1.54, 1.807) is 11.3 Å². The predicted octanol–water partition coefficient (Wildman–Crippen LogP) is 11.9. The zero-order chi connectivity index (χ0) is 33.0. The van der Waals surface area contributed by atoms with Crippen LogP contribution in [-0.2, 0) is 0 Å². The van der Waals surface area contributed by atoms with E-state index in [0.717, 1.165) is 66.4 Å². The average molecular weight is 659 g/mol. The Morgan fingerprint density at radius 3 is 1.92 bits per heavy atom. The Morgan fingerprint density at radius 1 is 0.420 bits per heavy atom. The third-order valence-electron chi connectivity index (χ3n) is 9.23. The third-order valence-corrected chi connectivity index (χ3v) is 10.4. The van der Waals surface area contributed by atoms with Crippen molar-refractivity contribution in [1.82, 2.24) is 19.9 Å². The van der Waals surface area contributed by atoms with Gasteiger partial charge in [0.2, 0.25) is 0 Å². The quantitative estimate of drug-likeness (QED) is 0.184. The largest absolute Gasteiger partial charge is 0.456 e. The van der Waals surface area contributed by atoms with Gasteiger partial charge in [-0.1, -0.05) is 109 Å². The Kier molecular flexibility index (Phi) is 6.60. The molecule has 0 amide bonds. The minimum absolute atomic E-state index is 0.601. The first kappa shape index (κ1) is 28.5. The van der Waals surface area contributed by atoms with E-state index in [2.05, 4.69) is 96.0 Å². The minimum Gasteiger partial charge on any atom is -0.456 e. The Morgan fingerprint density at radius 2 is 1.10 bits per heavy atom. The lowest BCUT2D eigenvalue weighted by Crippen LogP contribution is -2.00. The molecule has 0 unspecified atom stereocenters. The summed E-state index contributed by atoms with van der Waals surface area (Å²) in [5, 5.41) is 4.35. The molecule has 6 aromatic carbocycles. The van der Waals surface area contributed by atoms with E-state index in [4.69, 9.17) is 19.4 Å². The van der Waals surface area contributed by atoms with Crippen molar-refractivity contribution >= 4 is 53.4 Å². The van der Waals surface area contributed by atoms with E-state index in [9.17, 15) is 0 Å². The maximum absolute atomic E-state index is 6.43. The van der Waals surface area contributed by atoms with E-state index in [0.29, 0.717) is 17.5 Å². The lowest BCUT2D eigenvalue weighted by molar-refractivity contribution is 0.669. The van der Waals surface area contributed by atoms with Crippen molar-refractivity contribution in [3.8, 4) is 56.5 Å². The molecule has 0 aliphatic rings. The Hall–Kier alpha value is -6.50. The molecular weight excluding hydrogens is 633 g/mol.